The van der Waals surface area contributed by atoms with Gasteiger partial charge in [-0.05, 0) is 47.5 Å². The van der Waals surface area contributed by atoms with Gasteiger partial charge in [-0.25, -0.2) is 4.79 Å². The summed E-state index contributed by atoms with van der Waals surface area (Å²) < 4.78 is 2.01. The molecule has 0 aliphatic heterocycles. The zero-order chi connectivity index (χ0) is 22.7. The van der Waals surface area contributed by atoms with E-state index < -0.39 is 10.9 Å². The summed E-state index contributed by atoms with van der Waals surface area (Å²) in [6, 6.07) is 22.6. The first kappa shape index (κ1) is 20.6. The van der Waals surface area contributed by atoms with E-state index in [4.69, 9.17) is 0 Å². The number of nitrogens with zero attached hydrogens (tertiary/aromatic N) is 3. The summed E-state index contributed by atoms with van der Waals surface area (Å²) in [5.41, 5.74) is 3.78. The van der Waals surface area contributed by atoms with E-state index in [0.717, 1.165) is 22.0 Å². The highest BCUT2D eigenvalue weighted by atomic mass is 16.6. The standard InChI is InChI=1S/C25H17N3O4/c26-14-20(18-8-10-22(11-9-18)28(31)32)13-21-16-27(24-7-2-1-6-23(21)24)15-17-4-3-5-19(12-17)25(29)30/h1-13,16H,15H2,(H,29,30). The number of allylic oxidation sites excluding steroid dienone is 1. The Balaban J connectivity index is 1.75. The topological polar surface area (TPSA) is 109 Å². The molecule has 0 aliphatic carbocycles. The van der Waals surface area contributed by atoms with Crippen LogP contribution in [0.4, 0.5) is 5.69 Å². The van der Waals surface area contributed by atoms with E-state index >= 15 is 0 Å². The van der Waals surface area contributed by atoms with Gasteiger partial charge in [0.2, 0.25) is 0 Å². The second kappa shape index (κ2) is 8.58. The molecule has 4 rings (SSSR count). The highest BCUT2D eigenvalue weighted by molar-refractivity contribution is 5.98. The highest BCUT2D eigenvalue weighted by Crippen LogP contribution is 2.27. The van der Waals surface area contributed by atoms with Crippen LogP contribution in [0, 0.1) is 21.4 Å². The lowest BCUT2D eigenvalue weighted by Crippen LogP contribution is -2.01. The third kappa shape index (κ3) is 4.11. The van der Waals surface area contributed by atoms with Crippen LogP contribution < -0.4 is 0 Å². The van der Waals surface area contributed by atoms with Crippen molar-refractivity contribution in [2.45, 2.75) is 6.54 Å². The first-order valence-electron chi connectivity index (χ1n) is 9.73. The maximum atomic E-state index is 11.3. The molecule has 4 aromatic rings. The van der Waals surface area contributed by atoms with Crippen LogP contribution in [0.1, 0.15) is 27.0 Å². The first-order chi connectivity index (χ1) is 15.5. The molecule has 0 amide bonds. The number of nitro benzene ring substituents is 1. The molecule has 0 fully saturated rings. The molecule has 3 aromatic carbocycles. The second-order valence-electron chi connectivity index (χ2n) is 7.21. The Bertz CT molecular complexity index is 1410. The SMILES string of the molecule is N#CC(=Cc1cn(Cc2cccc(C(=O)O)c2)c2ccccc12)c1ccc([N+](=O)[O-])cc1. The van der Waals surface area contributed by atoms with Gasteiger partial charge in [0, 0.05) is 41.3 Å². The maximum absolute atomic E-state index is 11.3. The van der Waals surface area contributed by atoms with Gasteiger partial charge >= 0.3 is 5.97 Å². The molecule has 0 saturated heterocycles. The van der Waals surface area contributed by atoms with Crippen molar-refractivity contribution >= 4 is 34.2 Å². The van der Waals surface area contributed by atoms with Crippen LogP contribution in [0.3, 0.4) is 0 Å². The molecule has 0 saturated carbocycles. The minimum atomic E-state index is -0.977. The molecule has 32 heavy (non-hydrogen) atoms. The van der Waals surface area contributed by atoms with Gasteiger partial charge in [0.25, 0.3) is 5.69 Å². The zero-order valence-electron chi connectivity index (χ0n) is 16.8. The van der Waals surface area contributed by atoms with Gasteiger partial charge in [-0.1, -0.05) is 30.3 Å². The van der Waals surface area contributed by atoms with Gasteiger partial charge in [-0.2, -0.15) is 5.26 Å². The van der Waals surface area contributed by atoms with Gasteiger partial charge in [-0.15, -0.1) is 0 Å². The van der Waals surface area contributed by atoms with Crippen LogP contribution in [0.15, 0.2) is 79.0 Å². The van der Waals surface area contributed by atoms with Crippen LogP contribution in [-0.4, -0.2) is 20.6 Å². The summed E-state index contributed by atoms with van der Waals surface area (Å²) in [6.07, 6.45) is 3.68. The number of hydrogen-bond donors (Lipinski definition) is 1. The molecule has 1 heterocycles. The molecule has 0 radical (unpaired) electrons. The third-order valence-electron chi connectivity index (χ3n) is 5.16. The molecule has 0 bridgehead atoms. The van der Waals surface area contributed by atoms with E-state index in [9.17, 15) is 25.3 Å². The van der Waals surface area contributed by atoms with Crippen molar-refractivity contribution in [2.75, 3.05) is 0 Å². The number of carboxylic acid groups (broad SMARTS) is 1. The van der Waals surface area contributed by atoms with Crippen LogP contribution >= 0.6 is 0 Å². The molecule has 7 heteroatoms. The monoisotopic (exact) mass is 423 g/mol. The van der Waals surface area contributed by atoms with E-state index in [-0.39, 0.29) is 11.3 Å². The minimum Gasteiger partial charge on any atom is -0.478 e. The maximum Gasteiger partial charge on any atom is 0.335 e. The minimum absolute atomic E-state index is 0.0359. The molecule has 7 nitrogen and oxygen atoms in total. The summed E-state index contributed by atoms with van der Waals surface area (Å²) in [4.78, 5) is 21.7. The fourth-order valence-corrected chi connectivity index (χ4v) is 3.62. The molecule has 0 atom stereocenters. The number of aromatic carboxylic acids is 1. The second-order valence-corrected chi connectivity index (χ2v) is 7.21. The number of carboxylic acids is 1. The van der Waals surface area contributed by atoms with Crippen LogP contribution in [0.2, 0.25) is 0 Å². The fraction of sp³-hybridized carbons (Fsp3) is 0.0400. The van der Waals surface area contributed by atoms with Gasteiger partial charge in [0.05, 0.1) is 22.1 Å². The average Bonchev–Trinajstić information content (AvgIpc) is 3.15. The number of fused-ring (bicyclic) bond motifs is 1. The number of rotatable bonds is 6. The normalized spacial score (nSPS) is 11.3. The van der Waals surface area contributed by atoms with Crippen molar-refractivity contribution in [2.24, 2.45) is 0 Å². The number of aromatic nitrogens is 1. The summed E-state index contributed by atoms with van der Waals surface area (Å²) in [5.74, 6) is -0.977. The number of hydrogen-bond acceptors (Lipinski definition) is 4. The predicted molar refractivity (Wildman–Crippen MR) is 121 cm³/mol. The predicted octanol–water partition coefficient (Wildman–Crippen LogP) is 5.36. The Labute approximate surface area is 183 Å². The van der Waals surface area contributed by atoms with Crippen molar-refractivity contribution in [3.8, 4) is 6.07 Å². The molecule has 0 aliphatic rings. The van der Waals surface area contributed by atoms with Crippen LogP contribution in [-0.2, 0) is 6.54 Å². The molecule has 0 spiro atoms. The molecular weight excluding hydrogens is 406 g/mol. The summed E-state index contributed by atoms with van der Waals surface area (Å²) in [7, 11) is 0. The van der Waals surface area contributed by atoms with Gasteiger partial charge in [0.1, 0.15) is 0 Å². The summed E-state index contributed by atoms with van der Waals surface area (Å²) in [6.45, 7) is 0.467. The molecular formula is C25H17N3O4. The number of benzene rings is 3. The third-order valence-corrected chi connectivity index (χ3v) is 5.16. The van der Waals surface area contributed by atoms with E-state index in [1.54, 1.807) is 36.4 Å². The lowest BCUT2D eigenvalue weighted by atomic mass is 10.0. The van der Waals surface area contributed by atoms with Crippen molar-refractivity contribution in [1.29, 1.82) is 5.26 Å². The number of para-hydroxylation sites is 1. The first-order valence-corrected chi connectivity index (χ1v) is 9.73. The quantitative estimate of drug-likeness (QED) is 0.255. The van der Waals surface area contributed by atoms with Crippen LogP contribution in [0.5, 0.6) is 0 Å². The Morgan fingerprint density at radius 2 is 1.81 bits per heavy atom. The molecule has 0 unspecified atom stereocenters. The van der Waals surface area contributed by atoms with Crippen molar-refractivity contribution in [1.82, 2.24) is 4.57 Å². The lowest BCUT2D eigenvalue weighted by molar-refractivity contribution is -0.384. The van der Waals surface area contributed by atoms with Crippen molar-refractivity contribution in [3.63, 3.8) is 0 Å². The number of nitriles is 1. The van der Waals surface area contributed by atoms with E-state index in [2.05, 4.69) is 6.07 Å². The fourth-order valence-electron chi connectivity index (χ4n) is 3.62. The van der Waals surface area contributed by atoms with Crippen molar-refractivity contribution < 1.29 is 14.8 Å². The number of nitro groups is 1. The number of carbonyl (C=O) groups is 1. The smallest absolute Gasteiger partial charge is 0.335 e. The van der Waals surface area contributed by atoms with Crippen LogP contribution in [0.25, 0.3) is 22.6 Å². The Hall–Kier alpha value is -4.70. The summed E-state index contributed by atoms with van der Waals surface area (Å²) in [5, 5.41) is 30.8. The van der Waals surface area contributed by atoms with E-state index in [0.29, 0.717) is 17.7 Å². The summed E-state index contributed by atoms with van der Waals surface area (Å²) >= 11 is 0. The van der Waals surface area contributed by atoms with E-state index in [1.165, 1.54) is 12.1 Å². The molecule has 156 valence electrons. The lowest BCUT2D eigenvalue weighted by Gasteiger charge is -2.06. The van der Waals surface area contributed by atoms with Gasteiger partial charge in [0.15, 0.2) is 0 Å². The zero-order valence-corrected chi connectivity index (χ0v) is 16.8. The Morgan fingerprint density at radius 1 is 1.06 bits per heavy atom. The van der Waals surface area contributed by atoms with Crippen molar-refractivity contribution in [3.05, 3.63) is 111 Å². The average molecular weight is 423 g/mol. The highest BCUT2D eigenvalue weighted by Gasteiger charge is 2.11. The molecule has 1 aromatic heterocycles. The largest absolute Gasteiger partial charge is 0.478 e. The van der Waals surface area contributed by atoms with E-state index in [1.807, 2.05) is 41.1 Å². The Morgan fingerprint density at radius 3 is 2.50 bits per heavy atom. The Kier molecular flexibility index (Phi) is 5.51. The number of non-ortho nitro benzene ring substituents is 1. The molecule has 1 N–H and O–H groups in total. The van der Waals surface area contributed by atoms with Gasteiger partial charge < -0.3 is 9.67 Å². The van der Waals surface area contributed by atoms with Gasteiger partial charge in [-0.3, -0.25) is 10.1 Å².